The molecule has 1 N–H and O–H groups in total. The molecule has 0 radical (unpaired) electrons. The van der Waals surface area contributed by atoms with Crippen molar-refractivity contribution in [1.29, 1.82) is 0 Å². The van der Waals surface area contributed by atoms with Crippen LogP contribution in [0.4, 0.5) is 0 Å². The molecule has 1 saturated heterocycles. The van der Waals surface area contributed by atoms with E-state index in [0.717, 1.165) is 19.5 Å². The van der Waals surface area contributed by atoms with Crippen molar-refractivity contribution >= 4 is 9.84 Å². The van der Waals surface area contributed by atoms with Crippen LogP contribution in [0.2, 0.25) is 0 Å². The summed E-state index contributed by atoms with van der Waals surface area (Å²) in [4.78, 5) is 2.46. The molecule has 2 fully saturated rings. The Kier molecular flexibility index (Phi) is 5.14. The van der Waals surface area contributed by atoms with E-state index in [1.54, 1.807) is 0 Å². The van der Waals surface area contributed by atoms with Crippen LogP contribution < -0.4 is 5.32 Å². The lowest BCUT2D eigenvalue weighted by Gasteiger charge is -2.51. The second-order valence-electron chi connectivity index (χ2n) is 6.90. The zero-order valence-electron chi connectivity index (χ0n) is 13.2. The molecule has 2 rings (SSSR count). The second kappa shape index (κ2) is 6.32. The van der Waals surface area contributed by atoms with Crippen molar-refractivity contribution in [3.63, 3.8) is 0 Å². The predicted octanol–water partition coefficient (Wildman–Crippen LogP) is 1.81. The van der Waals surface area contributed by atoms with Crippen LogP contribution in [0, 0.1) is 0 Å². The van der Waals surface area contributed by atoms with Crippen molar-refractivity contribution in [3.8, 4) is 0 Å². The molecule has 0 amide bonds. The molecular weight excluding hydrogens is 272 g/mol. The number of nitrogens with zero attached hydrogens (tertiary/aromatic N) is 1. The van der Waals surface area contributed by atoms with Gasteiger partial charge in [0.25, 0.3) is 0 Å². The molecule has 1 saturated carbocycles. The first kappa shape index (κ1) is 16.2. The van der Waals surface area contributed by atoms with Gasteiger partial charge in [-0.25, -0.2) is 8.42 Å². The van der Waals surface area contributed by atoms with E-state index in [-0.39, 0.29) is 17.3 Å². The molecular formula is C15H30N2O2S. The van der Waals surface area contributed by atoms with E-state index in [1.165, 1.54) is 38.4 Å². The number of piperazine rings is 1. The molecule has 2 aliphatic rings. The number of rotatable bonds is 4. The fourth-order valence-corrected chi connectivity index (χ4v) is 5.05. The van der Waals surface area contributed by atoms with Crippen molar-refractivity contribution in [3.05, 3.63) is 0 Å². The smallest absolute Gasteiger partial charge is 0.148 e. The van der Waals surface area contributed by atoms with Gasteiger partial charge in [0, 0.05) is 37.0 Å². The lowest BCUT2D eigenvalue weighted by molar-refractivity contribution is 0.0335. The highest BCUT2D eigenvalue weighted by Gasteiger charge is 2.41. The first-order chi connectivity index (χ1) is 9.35. The maximum atomic E-state index is 11.6. The predicted molar refractivity (Wildman–Crippen MR) is 83.8 cm³/mol. The van der Waals surface area contributed by atoms with Gasteiger partial charge in [-0.05, 0) is 26.2 Å². The molecule has 0 aromatic carbocycles. The summed E-state index contributed by atoms with van der Waals surface area (Å²) in [7, 11) is -2.91. The summed E-state index contributed by atoms with van der Waals surface area (Å²) in [6.45, 7) is 6.30. The summed E-state index contributed by atoms with van der Waals surface area (Å²) >= 11 is 0. The second-order valence-corrected chi connectivity index (χ2v) is 9.08. The van der Waals surface area contributed by atoms with E-state index in [1.807, 2.05) is 0 Å². The first-order valence-corrected chi connectivity index (χ1v) is 10.1. The van der Waals surface area contributed by atoms with Crippen LogP contribution in [0.3, 0.4) is 0 Å². The Morgan fingerprint density at radius 2 is 1.95 bits per heavy atom. The van der Waals surface area contributed by atoms with Crippen molar-refractivity contribution in [1.82, 2.24) is 10.2 Å². The monoisotopic (exact) mass is 302 g/mol. The third kappa shape index (κ3) is 3.95. The summed E-state index contributed by atoms with van der Waals surface area (Å²) in [5.74, 6) is 0.277. The summed E-state index contributed by atoms with van der Waals surface area (Å²) in [5, 5.41) is 3.79. The molecule has 0 aromatic rings. The molecule has 5 heteroatoms. The van der Waals surface area contributed by atoms with Crippen molar-refractivity contribution in [2.75, 3.05) is 25.1 Å². The SMILES string of the molecule is CCC1CNC2(CCCCC2)CN1C(C)CS(C)(=O)=O. The molecule has 118 valence electrons. The zero-order valence-corrected chi connectivity index (χ0v) is 14.0. The Balaban J connectivity index is 2.09. The lowest BCUT2D eigenvalue weighted by Crippen LogP contribution is -2.66. The molecule has 2 unspecified atom stereocenters. The van der Waals surface area contributed by atoms with Crippen molar-refractivity contribution in [2.24, 2.45) is 0 Å². The van der Waals surface area contributed by atoms with E-state index < -0.39 is 9.84 Å². The number of hydrogen-bond donors (Lipinski definition) is 1. The summed E-state index contributed by atoms with van der Waals surface area (Å²) < 4.78 is 23.2. The largest absolute Gasteiger partial charge is 0.308 e. The standard InChI is InChI=1S/C15H30N2O2S/c1-4-14-10-16-15(8-6-5-7-9-15)12-17(14)13(2)11-20(3,18)19/h13-14,16H,4-12H2,1-3H3. The van der Waals surface area contributed by atoms with Crippen LogP contribution in [0.5, 0.6) is 0 Å². The average Bonchev–Trinajstić information content (AvgIpc) is 2.38. The highest BCUT2D eigenvalue weighted by molar-refractivity contribution is 7.90. The number of nitrogens with one attached hydrogen (secondary N) is 1. The van der Waals surface area contributed by atoms with Gasteiger partial charge < -0.3 is 5.32 Å². The molecule has 2 atom stereocenters. The molecule has 20 heavy (non-hydrogen) atoms. The Hall–Kier alpha value is -0.130. The highest BCUT2D eigenvalue weighted by Crippen LogP contribution is 2.33. The van der Waals surface area contributed by atoms with E-state index in [4.69, 9.17) is 0 Å². The third-order valence-electron chi connectivity index (χ3n) is 5.06. The average molecular weight is 302 g/mol. The summed E-state index contributed by atoms with van der Waals surface area (Å²) in [5.41, 5.74) is 0.246. The normalized spacial score (nSPS) is 29.4. The number of sulfone groups is 1. The Morgan fingerprint density at radius 1 is 1.30 bits per heavy atom. The Labute approximate surface area is 124 Å². The molecule has 1 heterocycles. The van der Waals surface area contributed by atoms with Crippen LogP contribution in [0.15, 0.2) is 0 Å². The van der Waals surface area contributed by atoms with Crippen LogP contribution >= 0.6 is 0 Å². The summed E-state index contributed by atoms with van der Waals surface area (Å²) in [6, 6.07) is 0.593. The van der Waals surface area contributed by atoms with Gasteiger partial charge in [-0.3, -0.25) is 4.90 Å². The van der Waals surface area contributed by atoms with Gasteiger partial charge in [0.2, 0.25) is 0 Å². The number of hydrogen-bond acceptors (Lipinski definition) is 4. The quantitative estimate of drug-likeness (QED) is 0.860. The van der Waals surface area contributed by atoms with Gasteiger partial charge >= 0.3 is 0 Å². The van der Waals surface area contributed by atoms with Gasteiger partial charge in [0.15, 0.2) is 0 Å². The van der Waals surface area contributed by atoms with Gasteiger partial charge in [0.1, 0.15) is 9.84 Å². The molecule has 1 aliphatic carbocycles. The minimum Gasteiger partial charge on any atom is -0.308 e. The minimum absolute atomic E-state index is 0.121. The van der Waals surface area contributed by atoms with Crippen LogP contribution in [0.1, 0.15) is 52.4 Å². The zero-order chi connectivity index (χ0) is 14.8. The van der Waals surface area contributed by atoms with E-state index >= 15 is 0 Å². The molecule has 4 nitrogen and oxygen atoms in total. The van der Waals surface area contributed by atoms with Crippen molar-refractivity contribution in [2.45, 2.75) is 70.0 Å². The van der Waals surface area contributed by atoms with Crippen LogP contribution in [-0.4, -0.2) is 56.0 Å². The molecule has 0 aromatic heterocycles. The van der Waals surface area contributed by atoms with E-state index in [9.17, 15) is 8.42 Å². The fraction of sp³-hybridized carbons (Fsp3) is 1.00. The van der Waals surface area contributed by atoms with Gasteiger partial charge in [-0.1, -0.05) is 26.2 Å². The van der Waals surface area contributed by atoms with Gasteiger partial charge in [0.05, 0.1) is 5.75 Å². The molecule has 1 aliphatic heterocycles. The maximum Gasteiger partial charge on any atom is 0.148 e. The molecule has 1 spiro atoms. The Bertz CT molecular complexity index is 416. The minimum atomic E-state index is -2.91. The first-order valence-electron chi connectivity index (χ1n) is 8.04. The topological polar surface area (TPSA) is 49.4 Å². The third-order valence-corrected chi connectivity index (χ3v) is 6.15. The van der Waals surface area contributed by atoms with Gasteiger partial charge in [-0.15, -0.1) is 0 Å². The van der Waals surface area contributed by atoms with Crippen molar-refractivity contribution < 1.29 is 8.42 Å². The summed E-state index contributed by atoms with van der Waals surface area (Å²) in [6.07, 6.45) is 8.87. The maximum absolute atomic E-state index is 11.6. The van der Waals surface area contributed by atoms with Crippen LogP contribution in [0.25, 0.3) is 0 Å². The fourth-order valence-electron chi connectivity index (χ4n) is 3.98. The molecule has 0 bridgehead atoms. The van der Waals surface area contributed by atoms with E-state index in [0.29, 0.717) is 6.04 Å². The lowest BCUT2D eigenvalue weighted by atomic mass is 9.79. The highest BCUT2D eigenvalue weighted by atomic mass is 32.2. The van der Waals surface area contributed by atoms with Crippen LogP contribution in [-0.2, 0) is 9.84 Å². The van der Waals surface area contributed by atoms with Gasteiger partial charge in [-0.2, -0.15) is 0 Å². The Morgan fingerprint density at radius 3 is 2.50 bits per heavy atom. The van der Waals surface area contributed by atoms with E-state index in [2.05, 4.69) is 24.1 Å².